The first kappa shape index (κ1) is 19.2. The van der Waals surface area contributed by atoms with E-state index in [0.29, 0.717) is 5.92 Å². The van der Waals surface area contributed by atoms with Crippen molar-refractivity contribution in [2.24, 2.45) is 11.3 Å². The number of hydrogen-bond donors (Lipinski definition) is 1. The summed E-state index contributed by atoms with van der Waals surface area (Å²) < 4.78 is 0. The van der Waals surface area contributed by atoms with Gasteiger partial charge in [0.25, 0.3) is 0 Å². The van der Waals surface area contributed by atoms with Crippen LogP contribution in [0.15, 0.2) is 48.5 Å². The summed E-state index contributed by atoms with van der Waals surface area (Å²) in [5, 5.41) is 3.02. The van der Waals surface area contributed by atoms with Crippen molar-refractivity contribution in [3.63, 3.8) is 0 Å². The summed E-state index contributed by atoms with van der Waals surface area (Å²) in [6.07, 6.45) is 2.86. The van der Waals surface area contributed by atoms with Gasteiger partial charge >= 0.3 is 0 Å². The van der Waals surface area contributed by atoms with Crippen molar-refractivity contribution < 1.29 is 4.79 Å². The van der Waals surface area contributed by atoms with E-state index < -0.39 is 0 Å². The van der Waals surface area contributed by atoms with Gasteiger partial charge in [0.1, 0.15) is 0 Å². The van der Waals surface area contributed by atoms with Crippen LogP contribution in [0.5, 0.6) is 0 Å². The van der Waals surface area contributed by atoms with E-state index in [4.69, 9.17) is 0 Å². The van der Waals surface area contributed by atoms with Crippen LogP contribution in [0.25, 0.3) is 0 Å². The average Bonchev–Trinajstić information content (AvgIpc) is 2.56. The topological polar surface area (TPSA) is 29.1 Å². The minimum absolute atomic E-state index is 0.0733. The lowest BCUT2D eigenvalue weighted by atomic mass is 9.89. The number of anilines is 1. The van der Waals surface area contributed by atoms with E-state index in [1.165, 1.54) is 16.7 Å². The van der Waals surface area contributed by atoms with Crippen molar-refractivity contribution >= 4 is 11.6 Å². The maximum atomic E-state index is 12.3. The van der Waals surface area contributed by atoms with E-state index in [0.717, 1.165) is 24.9 Å². The molecule has 134 valence electrons. The van der Waals surface area contributed by atoms with Crippen LogP contribution in [0, 0.1) is 11.3 Å². The summed E-state index contributed by atoms with van der Waals surface area (Å²) in [7, 11) is 0. The molecule has 0 bridgehead atoms. The van der Waals surface area contributed by atoms with Gasteiger partial charge < -0.3 is 5.32 Å². The molecule has 0 saturated carbocycles. The van der Waals surface area contributed by atoms with Gasteiger partial charge in [0.05, 0.1) is 0 Å². The van der Waals surface area contributed by atoms with Crippen LogP contribution in [0.3, 0.4) is 0 Å². The highest BCUT2D eigenvalue weighted by molar-refractivity contribution is 5.94. The quantitative estimate of drug-likeness (QED) is 0.674. The zero-order valence-electron chi connectivity index (χ0n) is 16.2. The molecule has 0 radical (unpaired) electrons. The lowest BCUT2D eigenvalue weighted by Gasteiger charge is -2.21. The first-order valence-electron chi connectivity index (χ1n) is 9.28. The van der Waals surface area contributed by atoms with Gasteiger partial charge in [0.15, 0.2) is 0 Å². The molecule has 2 heteroatoms. The number of nitrogens with one attached hydrogen (secondary N) is 1. The molecular formula is C23H31NO. The number of hydrogen-bond acceptors (Lipinski definition) is 1. The third-order valence-corrected chi connectivity index (χ3v) is 4.75. The zero-order chi connectivity index (χ0) is 18.4. The second kappa shape index (κ2) is 8.33. The number of rotatable bonds is 7. The molecule has 0 aliphatic carbocycles. The maximum Gasteiger partial charge on any atom is 0.230 e. The lowest BCUT2D eigenvalue weighted by Crippen LogP contribution is -2.29. The van der Waals surface area contributed by atoms with Gasteiger partial charge in [-0.25, -0.2) is 0 Å². The zero-order valence-corrected chi connectivity index (χ0v) is 16.2. The molecule has 2 aromatic carbocycles. The first-order valence-corrected chi connectivity index (χ1v) is 9.28. The summed E-state index contributed by atoms with van der Waals surface area (Å²) in [4.78, 5) is 12.3. The average molecular weight is 338 g/mol. The summed E-state index contributed by atoms with van der Waals surface area (Å²) >= 11 is 0. The monoisotopic (exact) mass is 337 g/mol. The molecule has 0 fully saturated rings. The molecular weight excluding hydrogens is 306 g/mol. The second-order valence-electron chi connectivity index (χ2n) is 7.98. The van der Waals surface area contributed by atoms with Crippen LogP contribution in [-0.4, -0.2) is 5.91 Å². The number of carbonyl (C=O) groups is 1. The SMILES string of the molecule is CCC(C)(C)C(=O)Nc1ccc(Cc2cccc(CC(C)C)c2)cc1. The third-order valence-electron chi connectivity index (χ3n) is 4.75. The fraction of sp³-hybridized carbons (Fsp3) is 0.435. The van der Waals surface area contributed by atoms with Gasteiger partial charge in [0.2, 0.25) is 5.91 Å². The molecule has 0 atom stereocenters. The fourth-order valence-corrected chi connectivity index (χ4v) is 2.74. The summed E-state index contributed by atoms with van der Waals surface area (Å²) in [5.74, 6) is 0.745. The first-order chi connectivity index (χ1) is 11.8. The highest BCUT2D eigenvalue weighted by atomic mass is 16.2. The Balaban J connectivity index is 2.02. The number of benzene rings is 2. The van der Waals surface area contributed by atoms with E-state index in [1.54, 1.807) is 0 Å². The van der Waals surface area contributed by atoms with E-state index in [2.05, 4.69) is 55.6 Å². The van der Waals surface area contributed by atoms with Crippen LogP contribution in [0.4, 0.5) is 5.69 Å². The van der Waals surface area contributed by atoms with Crippen molar-refractivity contribution in [2.75, 3.05) is 5.32 Å². The molecule has 2 aromatic rings. The van der Waals surface area contributed by atoms with Crippen molar-refractivity contribution in [1.29, 1.82) is 0 Å². The Hall–Kier alpha value is -2.09. The smallest absolute Gasteiger partial charge is 0.230 e. The van der Waals surface area contributed by atoms with Crippen LogP contribution >= 0.6 is 0 Å². The summed E-state index contributed by atoms with van der Waals surface area (Å²) in [5.41, 5.74) is 4.52. The minimum Gasteiger partial charge on any atom is -0.326 e. The predicted octanol–water partition coefficient (Wildman–Crippen LogP) is 5.85. The largest absolute Gasteiger partial charge is 0.326 e. The van der Waals surface area contributed by atoms with E-state index >= 15 is 0 Å². The molecule has 2 rings (SSSR count). The lowest BCUT2D eigenvalue weighted by molar-refractivity contribution is -0.124. The Morgan fingerprint density at radius 3 is 2.24 bits per heavy atom. The molecule has 0 aliphatic heterocycles. The van der Waals surface area contributed by atoms with E-state index in [1.807, 2.05) is 32.9 Å². The predicted molar refractivity (Wildman–Crippen MR) is 107 cm³/mol. The van der Waals surface area contributed by atoms with Crippen molar-refractivity contribution in [3.8, 4) is 0 Å². The molecule has 0 unspecified atom stereocenters. The van der Waals surface area contributed by atoms with Crippen LogP contribution in [0.1, 0.15) is 57.7 Å². The highest BCUT2D eigenvalue weighted by Crippen LogP contribution is 2.23. The number of amides is 1. The van der Waals surface area contributed by atoms with Crippen molar-refractivity contribution in [1.82, 2.24) is 0 Å². The number of carbonyl (C=O) groups excluding carboxylic acids is 1. The molecule has 0 saturated heterocycles. The van der Waals surface area contributed by atoms with Crippen LogP contribution in [-0.2, 0) is 17.6 Å². The molecule has 0 aromatic heterocycles. The standard InChI is InChI=1S/C23H31NO/c1-6-23(4,5)22(25)24-21-12-10-18(11-13-21)15-20-9-7-8-19(16-20)14-17(2)3/h7-13,16-17H,6,14-15H2,1-5H3,(H,24,25). The molecule has 25 heavy (non-hydrogen) atoms. The Labute approximate surface area is 152 Å². The van der Waals surface area contributed by atoms with E-state index in [-0.39, 0.29) is 11.3 Å². The normalized spacial score (nSPS) is 11.6. The van der Waals surface area contributed by atoms with Gasteiger partial charge in [-0.2, -0.15) is 0 Å². The third kappa shape index (κ3) is 5.74. The molecule has 2 nitrogen and oxygen atoms in total. The Morgan fingerprint density at radius 1 is 1.00 bits per heavy atom. The Bertz CT molecular complexity index is 698. The molecule has 1 amide bonds. The van der Waals surface area contributed by atoms with Gasteiger partial charge in [-0.1, -0.05) is 71.0 Å². The van der Waals surface area contributed by atoms with Gasteiger partial charge in [-0.3, -0.25) is 4.79 Å². The van der Waals surface area contributed by atoms with E-state index in [9.17, 15) is 4.79 Å². The van der Waals surface area contributed by atoms with Gasteiger partial charge in [-0.15, -0.1) is 0 Å². The van der Waals surface area contributed by atoms with Crippen molar-refractivity contribution in [2.45, 2.75) is 53.9 Å². The van der Waals surface area contributed by atoms with Gasteiger partial charge in [-0.05, 0) is 54.0 Å². The van der Waals surface area contributed by atoms with Gasteiger partial charge in [0, 0.05) is 11.1 Å². The summed E-state index contributed by atoms with van der Waals surface area (Å²) in [6.45, 7) is 10.5. The fourth-order valence-electron chi connectivity index (χ4n) is 2.74. The Morgan fingerprint density at radius 2 is 1.64 bits per heavy atom. The molecule has 1 N–H and O–H groups in total. The Kier molecular flexibility index (Phi) is 6.41. The van der Waals surface area contributed by atoms with Crippen LogP contribution < -0.4 is 5.32 Å². The highest BCUT2D eigenvalue weighted by Gasteiger charge is 2.25. The minimum atomic E-state index is -0.338. The summed E-state index contributed by atoms with van der Waals surface area (Å²) in [6, 6.07) is 17.0. The van der Waals surface area contributed by atoms with Crippen molar-refractivity contribution in [3.05, 3.63) is 65.2 Å². The molecule has 0 spiro atoms. The second-order valence-corrected chi connectivity index (χ2v) is 7.98. The molecule has 0 heterocycles. The maximum absolute atomic E-state index is 12.3. The van der Waals surface area contributed by atoms with Crippen LogP contribution in [0.2, 0.25) is 0 Å². The molecule has 0 aliphatic rings.